The van der Waals surface area contributed by atoms with Gasteiger partial charge in [-0.15, -0.1) is 0 Å². The largest absolute Gasteiger partial charge is 0.465 e. The molecule has 6 heteroatoms. The SMILES string of the molecule is O=C(O)NC(CO)[C@@H](O)/C=C/c1ccc(Cl)cc1. The highest BCUT2D eigenvalue weighted by molar-refractivity contribution is 6.30. The first-order valence-corrected chi connectivity index (χ1v) is 5.63. The molecule has 98 valence electrons. The topological polar surface area (TPSA) is 89.8 Å². The molecule has 0 saturated heterocycles. The van der Waals surface area contributed by atoms with Gasteiger partial charge in [0.25, 0.3) is 0 Å². The molecule has 0 aliphatic carbocycles. The number of carboxylic acid groups (broad SMARTS) is 1. The van der Waals surface area contributed by atoms with Gasteiger partial charge in [0.05, 0.1) is 18.8 Å². The Morgan fingerprint density at radius 2 is 2.00 bits per heavy atom. The van der Waals surface area contributed by atoms with E-state index in [1.54, 1.807) is 30.3 Å². The van der Waals surface area contributed by atoms with E-state index in [0.717, 1.165) is 5.56 Å². The minimum atomic E-state index is -1.30. The molecule has 0 saturated carbocycles. The number of rotatable bonds is 5. The zero-order valence-electron chi connectivity index (χ0n) is 9.45. The average Bonchev–Trinajstić information content (AvgIpc) is 2.34. The summed E-state index contributed by atoms with van der Waals surface area (Å²) in [6.07, 6.45) is 0.613. The number of halogens is 1. The number of hydrogen-bond acceptors (Lipinski definition) is 3. The molecule has 0 bridgehead atoms. The summed E-state index contributed by atoms with van der Waals surface area (Å²) in [7, 11) is 0. The van der Waals surface area contributed by atoms with E-state index in [1.807, 2.05) is 5.32 Å². The van der Waals surface area contributed by atoms with Crippen LogP contribution in [0.25, 0.3) is 6.08 Å². The lowest BCUT2D eigenvalue weighted by molar-refractivity contribution is 0.116. The van der Waals surface area contributed by atoms with Crippen molar-refractivity contribution < 1.29 is 20.1 Å². The molecule has 18 heavy (non-hydrogen) atoms. The summed E-state index contributed by atoms with van der Waals surface area (Å²) in [6.45, 7) is -0.488. The Bertz CT molecular complexity index is 419. The van der Waals surface area contributed by atoms with Crippen molar-refractivity contribution in [3.63, 3.8) is 0 Å². The maximum absolute atomic E-state index is 10.4. The molecular weight excluding hydrogens is 258 g/mol. The maximum atomic E-state index is 10.4. The fraction of sp³-hybridized carbons (Fsp3) is 0.250. The van der Waals surface area contributed by atoms with Gasteiger partial charge < -0.3 is 20.6 Å². The third kappa shape index (κ3) is 4.75. The van der Waals surface area contributed by atoms with Crippen molar-refractivity contribution in [1.82, 2.24) is 5.32 Å². The number of hydrogen-bond donors (Lipinski definition) is 4. The molecule has 0 aromatic heterocycles. The van der Waals surface area contributed by atoms with E-state index in [1.165, 1.54) is 6.08 Å². The summed E-state index contributed by atoms with van der Waals surface area (Å²) in [5, 5.41) is 29.7. The Labute approximate surface area is 109 Å². The molecule has 1 amide bonds. The second-order valence-electron chi connectivity index (χ2n) is 3.64. The third-order valence-corrected chi connectivity index (χ3v) is 2.53. The van der Waals surface area contributed by atoms with Crippen LogP contribution in [0, 0.1) is 0 Å². The monoisotopic (exact) mass is 271 g/mol. The van der Waals surface area contributed by atoms with Crippen LogP contribution in [0.4, 0.5) is 4.79 Å². The minimum absolute atomic E-state index is 0.488. The van der Waals surface area contributed by atoms with Crippen LogP contribution in [-0.4, -0.2) is 40.2 Å². The predicted molar refractivity (Wildman–Crippen MR) is 68.5 cm³/mol. The minimum Gasteiger partial charge on any atom is -0.465 e. The predicted octanol–water partition coefficient (Wildman–Crippen LogP) is 1.34. The van der Waals surface area contributed by atoms with Gasteiger partial charge in [0, 0.05) is 5.02 Å². The van der Waals surface area contributed by atoms with Crippen molar-refractivity contribution in [3.8, 4) is 0 Å². The normalized spacial score (nSPS) is 14.4. The van der Waals surface area contributed by atoms with E-state index in [2.05, 4.69) is 0 Å². The number of carbonyl (C=O) groups is 1. The Hall–Kier alpha value is -1.56. The maximum Gasteiger partial charge on any atom is 0.405 e. The molecule has 1 aromatic rings. The van der Waals surface area contributed by atoms with Crippen LogP contribution in [0.1, 0.15) is 5.56 Å². The van der Waals surface area contributed by atoms with Gasteiger partial charge in [0.2, 0.25) is 0 Å². The highest BCUT2D eigenvalue weighted by Gasteiger charge is 2.17. The molecule has 5 nitrogen and oxygen atoms in total. The lowest BCUT2D eigenvalue weighted by Crippen LogP contribution is -2.44. The average molecular weight is 272 g/mol. The van der Waals surface area contributed by atoms with Crippen molar-refractivity contribution in [1.29, 1.82) is 0 Å². The number of nitrogens with one attached hydrogen (secondary N) is 1. The van der Waals surface area contributed by atoms with Crippen LogP contribution < -0.4 is 5.32 Å². The summed E-state index contributed by atoms with van der Waals surface area (Å²) < 4.78 is 0. The molecule has 4 N–H and O–H groups in total. The fourth-order valence-corrected chi connectivity index (χ4v) is 1.44. The van der Waals surface area contributed by atoms with Gasteiger partial charge in [-0.1, -0.05) is 35.9 Å². The van der Waals surface area contributed by atoms with Crippen LogP contribution in [-0.2, 0) is 0 Å². The Morgan fingerprint density at radius 3 is 2.50 bits per heavy atom. The number of aliphatic hydroxyl groups excluding tert-OH is 2. The zero-order valence-corrected chi connectivity index (χ0v) is 10.2. The fourth-order valence-electron chi connectivity index (χ4n) is 1.32. The van der Waals surface area contributed by atoms with Gasteiger partial charge in [-0.3, -0.25) is 0 Å². The highest BCUT2D eigenvalue weighted by atomic mass is 35.5. The van der Waals surface area contributed by atoms with Gasteiger partial charge in [-0.05, 0) is 17.7 Å². The van der Waals surface area contributed by atoms with Crippen LogP contribution in [0.2, 0.25) is 5.02 Å². The molecule has 0 radical (unpaired) electrons. The number of amides is 1. The summed E-state index contributed by atoms with van der Waals surface area (Å²) in [6, 6.07) is 5.96. The van der Waals surface area contributed by atoms with Gasteiger partial charge in [0.1, 0.15) is 0 Å². The van der Waals surface area contributed by atoms with Crippen molar-refractivity contribution in [2.75, 3.05) is 6.61 Å². The van der Waals surface area contributed by atoms with Gasteiger partial charge in [-0.25, -0.2) is 4.79 Å². The Balaban J connectivity index is 2.64. The van der Waals surface area contributed by atoms with E-state index >= 15 is 0 Å². The molecule has 1 rings (SSSR count). The molecule has 0 aliphatic heterocycles. The van der Waals surface area contributed by atoms with Crippen LogP contribution >= 0.6 is 11.6 Å². The Kier molecular flexibility index (Phi) is 5.64. The quantitative estimate of drug-likeness (QED) is 0.651. The van der Waals surface area contributed by atoms with Crippen LogP contribution in [0.3, 0.4) is 0 Å². The van der Waals surface area contributed by atoms with E-state index in [4.69, 9.17) is 21.8 Å². The second kappa shape index (κ2) is 7.00. The lowest BCUT2D eigenvalue weighted by Gasteiger charge is -2.17. The van der Waals surface area contributed by atoms with E-state index < -0.39 is 24.8 Å². The molecule has 0 fully saturated rings. The van der Waals surface area contributed by atoms with Crippen molar-refractivity contribution in [2.24, 2.45) is 0 Å². The summed E-state index contributed by atoms with van der Waals surface area (Å²) in [4.78, 5) is 10.4. The van der Waals surface area contributed by atoms with Crippen molar-refractivity contribution in [2.45, 2.75) is 12.1 Å². The van der Waals surface area contributed by atoms with E-state index in [0.29, 0.717) is 5.02 Å². The van der Waals surface area contributed by atoms with Gasteiger partial charge in [0.15, 0.2) is 0 Å². The molecule has 0 spiro atoms. The summed E-state index contributed by atoms with van der Waals surface area (Å²) in [5.74, 6) is 0. The van der Waals surface area contributed by atoms with Crippen LogP contribution in [0.5, 0.6) is 0 Å². The molecular formula is C12H14ClNO4. The zero-order chi connectivity index (χ0) is 13.5. The molecule has 0 aliphatic rings. The first-order valence-electron chi connectivity index (χ1n) is 5.25. The first-order chi connectivity index (χ1) is 8.52. The standard InChI is InChI=1S/C12H14ClNO4/c13-9-4-1-8(2-5-9)3-6-11(16)10(7-15)14-12(17)18/h1-6,10-11,14-16H,7H2,(H,17,18)/b6-3+/t10?,11-/m0/s1. The number of benzene rings is 1. The highest BCUT2D eigenvalue weighted by Crippen LogP contribution is 2.11. The van der Waals surface area contributed by atoms with E-state index in [-0.39, 0.29) is 0 Å². The third-order valence-electron chi connectivity index (χ3n) is 2.27. The van der Waals surface area contributed by atoms with Crippen LogP contribution in [0.15, 0.2) is 30.3 Å². The smallest absolute Gasteiger partial charge is 0.405 e. The lowest BCUT2D eigenvalue weighted by atomic mass is 10.1. The van der Waals surface area contributed by atoms with E-state index in [9.17, 15) is 9.90 Å². The number of aliphatic hydroxyl groups is 2. The Morgan fingerprint density at radius 1 is 1.39 bits per heavy atom. The molecule has 1 aromatic carbocycles. The molecule has 0 heterocycles. The van der Waals surface area contributed by atoms with Gasteiger partial charge >= 0.3 is 6.09 Å². The summed E-state index contributed by atoms with van der Waals surface area (Å²) >= 11 is 5.72. The van der Waals surface area contributed by atoms with Gasteiger partial charge in [-0.2, -0.15) is 0 Å². The molecule has 2 atom stereocenters. The van der Waals surface area contributed by atoms with Crippen molar-refractivity contribution >= 4 is 23.8 Å². The first kappa shape index (κ1) is 14.5. The summed E-state index contributed by atoms with van der Waals surface area (Å²) in [5.41, 5.74) is 0.811. The second-order valence-corrected chi connectivity index (χ2v) is 4.08. The molecule has 1 unspecified atom stereocenters. The van der Waals surface area contributed by atoms with Crippen molar-refractivity contribution in [3.05, 3.63) is 40.9 Å².